The van der Waals surface area contributed by atoms with Crippen molar-refractivity contribution in [2.24, 2.45) is 0 Å². The number of H-pyrrole nitrogens is 2. The van der Waals surface area contributed by atoms with Crippen molar-refractivity contribution in [3.63, 3.8) is 0 Å². The minimum Gasteiger partial charge on any atom is -0.493 e. The van der Waals surface area contributed by atoms with E-state index >= 15 is 0 Å². The lowest BCUT2D eigenvalue weighted by atomic mass is 10.3. The van der Waals surface area contributed by atoms with Crippen LogP contribution >= 0.6 is 11.3 Å². The Morgan fingerprint density at radius 2 is 2.04 bits per heavy atom. The van der Waals surface area contributed by atoms with Gasteiger partial charge in [0.1, 0.15) is 4.21 Å². The molecule has 0 saturated carbocycles. The molecule has 0 radical (unpaired) electrons. The summed E-state index contributed by atoms with van der Waals surface area (Å²) in [6, 6.07) is 8.55. The van der Waals surface area contributed by atoms with Crippen molar-refractivity contribution in [1.82, 2.24) is 19.7 Å². The first-order chi connectivity index (χ1) is 11.0. The van der Waals surface area contributed by atoms with Crippen LogP contribution in [0, 0.1) is 0 Å². The summed E-state index contributed by atoms with van der Waals surface area (Å²) in [4.78, 5) is 20.3. The largest absolute Gasteiger partial charge is 0.493 e. The second kappa shape index (κ2) is 5.99. The molecule has 3 aromatic rings. The van der Waals surface area contributed by atoms with Crippen molar-refractivity contribution in [1.29, 1.82) is 0 Å². The van der Waals surface area contributed by atoms with Gasteiger partial charge in [-0.2, -0.15) is 0 Å². The predicted molar refractivity (Wildman–Crippen MR) is 84.7 cm³/mol. The zero-order valence-electron chi connectivity index (χ0n) is 11.6. The smallest absolute Gasteiger partial charge is 0.326 e. The van der Waals surface area contributed by atoms with Gasteiger partial charge in [0.25, 0.3) is 0 Å². The van der Waals surface area contributed by atoms with E-state index in [4.69, 9.17) is 0 Å². The van der Waals surface area contributed by atoms with Crippen LogP contribution in [0.1, 0.15) is 5.69 Å². The molecule has 0 spiro atoms. The van der Waals surface area contributed by atoms with Crippen molar-refractivity contribution in [2.75, 3.05) is 0 Å². The van der Waals surface area contributed by atoms with Crippen LogP contribution in [-0.4, -0.2) is 28.5 Å². The molecule has 0 aromatic carbocycles. The van der Waals surface area contributed by atoms with Gasteiger partial charge < -0.3 is 10.1 Å². The molecule has 23 heavy (non-hydrogen) atoms. The van der Waals surface area contributed by atoms with E-state index in [2.05, 4.69) is 19.7 Å². The molecule has 0 unspecified atom stereocenters. The van der Waals surface area contributed by atoms with Gasteiger partial charge in [-0.3, -0.25) is 9.97 Å². The van der Waals surface area contributed by atoms with E-state index in [1.54, 1.807) is 24.4 Å². The molecule has 3 heterocycles. The number of aromatic amines is 2. The molecule has 10 heteroatoms. The molecule has 0 aliphatic rings. The minimum atomic E-state index is -3.76. The van der Waals surface area contributed by atoms with Gasteiger partial charge in [0.2, 0.25) is 15.9 Å². The molecular formula is C13H12N4O4S2. The van der Waals surface area contributed by atoms with E-state index in [0.717, 1.165) is 16.2 Å². The summed E-state index contributed by atoms with van der Waals surface area (Å²) >= 11 is 1.08. The molecule has 3 aromatic heterocycles. The quantitative estimate of drug-likeness (QED) is 0.545. The molecule has 120 valence electrons. The number of aromatic nitrogens is 3. The number of hydrogen-bond acceptors (Lipinski definition) is 6. The summed E-state index contributed by atoms with van der Waals surface area (Å²) in [6.45, 7) is -0.232. The zero-order chi connectivity index (χ0) is 16.4. The van der Waals surface area contributed by atoms with Gasteiger partial charge >= 0.3 is 5.69 Å². The second-order valence-corrected chi connectivity index (χ2v) is 7.64. The van der Waals surface area contributed by atoms with Gasteiger partial charge in [0.15, 0.2) is 0 Å². The lowest BCUT2D eigenvalue weighted by Gasteiger charge is -2.03. The second-order valence-electron chi connectivity index (χ2n) is 4.56. The van der Waals surface area contributed by atoms with Crippen LogP contribution in [-0.2, 0) is 16.6 Å². The molecule has 3 rings (SSSR count). The van der Waals surface area contributed by atoms with Crippen molar-refractivity contribution in [2.45, 2.75) is 10.8 Å². The molecule has 0 amide bonds. The van der Waals surface area contributed by atoms with E-state index in [1.807, 2.05) is 6.07 Å². The third kappa shape index (κ3) is 3.33. The summed E-state index contributed by atoms with van der Waals surface area (Å²) in [7, 11) is -3.76. The number of nitrogens with zero attached hydrogens (tertiary/aromatic N) is 1. The van der Waals surface area contributed by atoms with E-state index < -0.39 is 21.6 Å². The van der Waals surface area contributed by atoms with Crippen LogP contribution in [0.3, 0.4) is 0 Å². The lowest BCUT2D eigenvalue weighted by molar-refractivity contribution is 0.447. The maximum atomic E-state index is 12.3. The van der Waals surface area contributed by atoms with Gasteiger partial charge in [-0.15, -0.1) is 11.3 Å². The number of sulfonamides is 1. The predicted octanol–water partition coefficient (Wildman–Crippen LogP) is 1.01. The third-order valence-electron chi connectivity index (χ3n) is 2.98. The van der Waals surface area contributed by atoms with E-state index in [0.29, 0.717) is 5.69 Å². The number of nitrogens with one attached hydrogen (secondary N) is 3. The molecule has 0 fully saturated rings. The number of imidazole rings is 1. The Bertz CT molecular complexity index is 973. The average Bonchev–Trinajstić information content (AvgIpc) is 3.13. The highest BCUT2D eigenvalue weighted by atomic mass is 32.2. The van der Waals surface area contributed by atoms with Crippen molar-refractivity contribution >= 4 is 21.4 Å². The van der Waals surface area contributed by atoms with E-state index in [-0.39, 0.29) is 16.4 Å². The number of rotatable bonds is 5. The maximum absolute atomic E-state index is 12.3. The van der Waals surface area contributed by atoms with E-state index in [9.17, 15) is 18.3 Å². The van der Waals surface area contributed by atoms with Crippen molar-refractivity contribution in [3.8, 4) is 16.5 Å². The van der Waals surface area contributed by atoms with E-state index in [1.165, 1.54) is 6.07 Å². The molecular weight excluding hydrogens is 340 g/mol. The Morgan fingerprint density at radius 1 is 1.22 bits per heavy atom. The molecule has 0 aliphatic carbocycles. The maximum Gasteiger partial charge on any atom is 0.326 e. The standard InChI is InChI=1S/C13H12N4O4S2/c18-12-9(16-13(19)17-12)7-15-23(20,21)11-5-4-10(22-11)8-3-1-2-6-14-8/h1-6,15,18H,7H2,(H2,16,17,19). The Morgan fingerprint density at radius 3 is 2.70 bits per heavy atom. The SMILES string of the molecule is O=c1[nH]c(O)c(CNS(=O)(=O)c2ccc(-c3ccccn3)s2)[nH]1. The fourth-order valence-corrected chi connectivity index (χ4v) is 4.21. The highest BCUT2D eigenvalue weighted by molar-refractivity contribution is 7.91. The molecule has 4 N–H and O–H groups in total. The Balaban J connectivity index is 1.79. The first-order valence-electron chi connectivity index (χ1n) is 6.47. The van der Waals surface area contributed by atoms with Crippen LogP contribution in [0.15, 0.2) is 45.5 Å². The highest BCUT2D eigenvalue weighted by Gasteiger charge is 2.18. The van der Waals surface area contributed by atoms with Gasteiger partial charge in [-0.1, -0.05) is 6.07 Å². The van der Waals surface area contributed by atoms with Crippen molar-refractivity contribution < 1.29 is 13.5 Å². The number of pyridine rings is 1. The summed E-state index contributed by atoms with van der Waals surface area (Å²) in [5, 5.41) is 9.42. The average molecular weight is 352 g/mol. The summed E-state index contributed by atoms with van der Waals surface area (Å²) in [5.41, 5.74) is 0.150. The van der Waals surface area contributed by atoms with Crippen molar-refractivity contribution in [3.05, 3.63) is 52.7 Å². The molecule has 0 saturated heterocycles. The normalized spacial score (nSPS) is 11.7. The fraction of sp³-hybridized carbons (Fsp3) is 0.0769. The third-order valence-corrected chi connectivity index (χ3v) is 5.99. The van der Waals surface area contributed by atoms with Crippen LogP contribution < -0.4 is 10.4 Å². The van der Waals surface area contributed by atoms with Gasteiger partial charge in [0.05, 0.1) is 22.8 Å². The Hall–Kier alpha value is -2.43. The Labute approximate surface area is 134 Å². The van der Waals surface area contributed by atoms with Gasteiger partial charge in [0, 0.05) is 6.20 Å². The zero-order valence-corrected chi connectivity index (χ0v) is 13.2. The molecule has 0 aliphatic heterocycles. The number of hydrogen-bond donors (Lipinski definition) is 4. The fourth-order valence-electron chi connectivity index (χ4n) is 1.89. The molecule has 0 bridgehead atoms. The van der Waals surface area contributed by atoms with Crippen LogP contribution in [0.4, 0.5) is 0 Å². The Kier molecular flexibility index (Phi) is 4.03. The van der Waals surface area contributed by atoms with Crippen LogP contribution in [0.5, 0.6) is 5.88 Å². The summed E-state index contributed by atoms with van der Waals surface area (Å²) in [6.07, 6.45) is 1.63. The highest BCUT2D eigenvalue weighted by Crippen LogP contribution is 2.29. The monoisotopic (exact) mass is 352 g/mol. The lowest BCUT2D eigenvalue weighted by Crippen LogP contribution is -2.22. The van der Waals surface area contributed by atoms with Gasteiger partial charge in [-0.05, 0) is 24.3 Å². The molecule has 8 nitrogen and oxygen atoms in total. The topological polar surface area (TPSA) is 128 Å². The summed E-state index contributed by atoms with van der Waals surface area (Å²) < 4.78 is 27.0. The first kappa shape index (κ1) is 15.5. The number of aromatic hydroxyl groups is 1. The minimum absolute atomic E-state index is 0.0695. The van der Waals surface area contributed by atoms with Gasteiger partial charge in [-0.25, -0.2) is 17.9 Å². The van der Waals surface area contributed by atoms with Crippen LogP contribution in [0.2, 0.25) is 0 Å². The summed E-state index contributed by atoms with van der Waals surface area (Å²) in [5.74, 6) is -0.391. The number of thiophene rings is 1. The van der Waals surface area contributed by atoms with Crippen LogP contribution in [0.25, 0.3) is 10.6 Å². The molecule has 0 atom stereocenters. The first-order valence-corrected chi connectivity index (χ1v) is 8.77.